The molecule has 0 aliphatic rings. The van der Waals surface area contributed by atoms with Gasteiger partial charge in [0.1, 0.15) is 5.82 Å². The van der Waals surface area contributed by atoms with Crippen molar-refractivity contribution in [3.05, 3.63) is 29.9 Å². The molecule has 0 saturated carbocycles. The third-order valence-corrected chi connectivity index (χ3v) is 1.92. The zero-order valence-electron chi connectivity index (χ0n) is 7.84. The minimum atomic E-state index is 0.274. The Labute approximate surface area is 80.7 Å². The number of nitrogens with zero attached hydrogens (tertiary/aromatic N) is 4. The van der Waals surface area contributed by atoms with Gasteiger partial charge in [-0.15, -0.1) is 0 Å². The Balaban J connectivity index is 2.15. The first-order valence-corrected chi connectivity index (χ1v) is 4.29. The predicted molar refractivity (Wildman–Crippen MR) is 48.3 cm³/mol. The third kappa shape index (κ3) is 1.64. The van der Waals surface area contributed by atoms with E-state index in [9.17, 15) is 0 Å². The molecular formula is C8H11N5O. The summed E-state index contributed by atoms with van der Waals surface area (Å²) < 4.78 is 6.82. The molecule has 0 aliphatic heterocycles. The summed E-state index contributed by atoms with van der Waals surface area (Å²) in [6.45, 7) is 2.76. The molecule has 0 aromatic carbocycles. The van der Waals surface area contributed by atoms with Crippen molar-refractivity contribution in [1.29, 1.82) is 0 Å². The maximum atomic E-state index is 5.35. The van der Waals surface area contributed by atoms with E-state index < -0.39 is 0 Å². The molecule has 0 radical (unpaired) electrons. The number of hydrogen-bond acceptors (Lipinski definition) is 5. The summed E-state index contributed by atoms with van der Waals surface area (Å²) in [5.41, 5.74) is 5.35. The van der Waals surface area contributed by atoms with Gasteiger partial charge in [-0.05, 0) is 6.92 Å². The van der Waals surface area contributed by atoms with E-state index in [0.717, 1.165) is 5.82 Å². The molecule has 0 saturated heterocycles. The van der Waals surface area contributed by atoms with Gasteiger partial charge in [-0.3, -0.25) is 0 Å². The molecule has 6 nitrogen and oxygen atoms in total. The highest BCUT2D eigenvalue weighted by molar-refractivity contribution is 4.94. The van der Waals surface area contributed by atoms with Gasteiger partial charge >= 0.3 is 0 Å². The third-order valence-electron chi connectivity index (χ3n) is 1.92. The summed E-state index contributed by atoms with van der Waals surface area (Å²) in [6.07, 6.45) is 3.60. The minimum absolute atomic E-state index is 0.274. The molecular weight excluding hydrogens is 182 g/mol. The van der Waals surface area contributed by atoms with Gasteiger partial charge in [-0.25, -0.2) is 4.98 Å². The van der Waals surface area contributed by atoms with Gasteiger partial charge in [-0.1, -0.05) is 5.16 Å². The fourth-order valence-electron chi connectivity index (χ4n) is 1.16. The van der Waals surface area contributed by atoms with Crippen LogP contribution in [0.3, 0.4) is 0 Å². The zero-order chi connectivity index (χ0) is 9.97. The SMILES string of the molecule is Cc1nccn1Cc1noc(CN)n1. The Bertz CT molecular complexity index is 419. The largest absolute Gasteiger partial charge is 0.338 e. The molecule has 6 heteroatoms. The molecule has 0 aliphatic carbocycles. The first kappa shape index (κ1) is 8.89. The second-order valence-corrected chi connectivity index (χ2v) is 2.91. The van der Waals surface area contributed by atoms with Crippen molar-refractivity contribution in [2.45, 2.75) is 20.0 Å². The number of nitrogens with two attached hydrogens (primary N) is 1. The molecule has 2 aromatic heterocycles. The standard InChI is InChI=1S/C8H11N5O/c1-6-10-2-3-13(6)5-7-11-8(4-9)14-12-7/h2-3H,4-5,9H2,1H3. The molecule has 74 valence electrons. The Hall–Kier alpha value is -1.69. The van der Waals surface area contributed by atoms with Crippen LogP contribution < -0.4 is 5.73 Å². The van der Waals surface area contributed by atoms with Crippen LogP contribution in [0.5, 0.6) is 0 Å². The van der Waals surface area contributed by atoms with Crippen molar-refractivity contribution in [2.24, 2.45) is 5.73 Å². The van der Waals surface area contributed by atoms with Crippen LogP contribution in [0.1, 0.15) is 17.5 Å². The zero-order valence-corrected chi connectivity index (χ0v) is 7.84. The second kappa shape index (κ2) is 3.59. The molecule has 2 aromatic rings. The molecule has 0 atom stereocenters. The molecule has 0 unspecified atom stereocenters. The molecule has 2 N–H and O–H groups in total. The van der Waals surface area contributed by atoms with Crippen LogP contribution in [0.15, 0.2) is 16.9 Å². The fraction of sp³-hybridized carbons (Fsp3) is 0.375. The van der Waals surface area contributed by atoms with Crippen LogP contribution in [-0.2, 0) is 13.1 Å². The number of imidazole rings is 1. The van der Waals surface area contributed by atoms with E-state index in [1.807, 2.05) is 17.7 Å². The minimum Gasteiger partial charge on any atom is -0.338 e. The summed E-state index contributed by atoms with van der Waals surface area (Å²) >= 11 is 0. The highest BCUT2D eigenvalue weighted by Gasteiger charge is 2.05. The lowest BCUT2D eigenvalue weighted by molar-refractivity contribution is 0.373. The van der Waals surface area contributed by atoms with Crippen LogP contribution in [0, 0.1) is 6.92 Å². The van der Waals surface area contributed by atoms with E-state index in [4.69, 9.17) is 10.3 Å². The molecule has 0 amide bonds. The van der Waals surface area contributed by atoms with E-state index in [-0.39, 0.29) is 6.54 Å². The summed E-state index contributed by atoms with van der Waals surface area (Å²) in [5.74, 6) is 1.99. The number of aryl methyl sites for hydroxylation is 1. The first-order chi connectivity index (χ1) is 6.79. The van der Waals surface area contributed by atoms with Crippen molar-refractivity contribution in [3.63, 3.8) is 0 Å². The van der Waals surface area contributed by atoms with Crippen LogP contribution in [0.2, 0.25) is 0 Å². The van der Waals surface area contributed by atoms with Gasteiger partial charge in [-0.2, -0.15) is 4.98 Å². The summed E-state index contributed by atoms with van der Waals surface area (Å²) in [4.78, 5) is 8.19. The Morgan fingerprint density at radius 1 is 1.57 bits per heavy atom. The maximum absolute atomic E-state index is 5.35. The van der Waals surface area contributed by atoms with E-state index in [0.29, 0.717) is 18.3 Å². The lowest BCUT2D eigenvalue weighted by Crippen LogP contribution is -2.03. The molecule has 2 rings (SSSR count). The highest BCUT2D eigenvalue weighted by Crippen LogP contribution is 2.01. The van der Waals surface area contributed by atoms with Gasteiger partial charge in [0, 0.05) is 12.4 Å². The van der Waals surface area contributed by atoms with Gasteiger partial charge in [0.2, 0.25) is 5.89 Å². The Morgan fingerprint density at radius 3 is 3.00 bits per heavy atom. The summed E-state index contributed by atoms with van der Waals surface area (Å²) in [7, 11) is 0. The number of hydrogen-bond donors (Lipinski definition) is 1. The van der Waals surface area contributed by atoms with E-state index >= 15 is 0 Å². The summed E-state index contributed by atoms with van der Waals surface area (Å²) in [5, 5.41) is 3.79. The van der Waals surface area contributed by atoms with E-state index in [1.54, 1.807) is 6.20 Å². The maximum Gasteiger partial charge on any atom is 0.240 e. The number of rotatable bonds is 3. The highest BCUT2D eigenvalue weighted by atomic mass is 16.5. The van der Waals surface area contributed by atoms with Crippen LogP contribution in [0.25, 0.3) is 0 Å². The lowest BCUT2D eigenvalue weighted by atomic mass is 10.5. The van der Waals surface area contributed by atoms with Crippen LogP contribution in [-0.4, -0.2) is 19.7 Å². The van der Waals surface area contributed by atoms with E-state index in [1.165, 1.54) is 0 Å². The van der Waals surface area contributed by atoms with Gasteiger partial charge < -0.3 is 14.8 Å². The molecule has 2 heterocycles. The van der Waals surface area contributed by atoms with Crippen molar-refractivity contribution < 1.29 is 4.52 Å². The van der Waals surface area contributed by atoms with Crippen molar-refractivity contribution in [3.8, 4) is 0 Å². The van der Waals surface area contributed by atoms with Gasteiger partial charge in [0.25, 0.3) is 0 Å². The Kier molecular flexibility index (Phi) is 2.28. The van der Waals surface area contributed by atoms with Crippen molar-refractivity contribution >= 4 is 0 Å². The van der Waals surface area contributed by atoms with Crippen LogP contribution >= 0.6 is 0 Å². The van der Waals surface area contributed by atoms with E-state index in [2.05, 4.69) is 15.1 Å². The monoisotopic (exact) mass is 193 g/mol. The predicted octanol–water partition coefficient (Wildman–Crippen LogP) is 0.0815. The molecule has 14 heavy (non-hydrogen) atoms. The average molecular weight is 193 g/mol. The lowest BCUT2D eigenvalue weighted by Gasteiger charge is -1.98. The van der Waals surface area contributed by atoms with Crippen molar-refractivity contribution in [1.82, 2.24) is 19.7 Å². The summed E-state index contributed by atoms with van der Waals surface area (Å²) in [6, 6.07) is 0. The fourth-order valence-corrected chi connectivity index (χ4v) is 1.16. The van der Waals surface area contributed by atoms with Crippen molar-refractivity contribution in [2.75, 3.05) is 0 Å². The quantitative estimate of drug-likeness (QED) is 0.746. The molecule has 0 bridgehead atoms. The smallest absolute Gasteiger partial charge is 0.240 e. The molecule has 0 fully saturated rings. The number of aromatic nitrogens is 4. The average Bonchev–Trinajstić information content (AvgIpc) is 2.77. The topological polar surface area (TPSA) is 82.8 Å². The second-order valence-electron chi connectivity index (χ2n) is 2.91. The van der Waals surface area contributed by atoms with Gasteiger partial charge in [0.05, 0.1) is 13.1 Å². The van der Waals surface area contributed by atoms with Crippen LogP contribution in [0.4, 0.5) is 0 Å². The van der Waals surface area contributed by atoms with Gasteiger partial charge in [0.15, 0.2) is 5.82 Å². The first-order valence-electron chi connectivity index (χ1n) is 4.29. The Morgan fingerprint density at radius 2 is 2.43 bits per heavy atom. The molecule has 0 spiro atoms. The normalized spacial score (nSPS) is 10.7.